The van der Waals surface area contributed by atoms with E-state index in [-0.39, 0.29) is 0 Å². The first kappa shape index (κ1) is 10.4. The topological polar surface area (TPSA) is 70.1 Å². The van der Waals surface area contributed by atoms with Crippen LogP contribution < -0.4 is 0 Å². The lowest BCUT2D eigenvalue weighted by atomic mass is 9.96. The molecule has 3 rings (SSSR count). The van der Waals surface area contributed by atoms with Crippen molar-refractivity contribution in [2.75, 3.05) is 7.05 Å². The smallest absolute Gasteiger partial charge is 0.267 e. The van der Waals surface area contributed by atoms with Gasteiger partial charge in [0, 0.05) is 7.05 Å². The molecule has 1 N–H and O–H groups in total. The Balaban J connectivity index is 1.97. The number of carbonyl (C=O) groups excluding carboxylic acids is 2. The molecule has 1 spiro atoms. The quantitative estimate of drug-likeness (QED) is 0.541. The van der Waals surface area contributed by atoms with Crippen LogP contribution >= 0.6 is 0 Å². The second-order valence-corrected chi connectivity index (χ2v) is 4.31. The van der Waals surface area contributed by atoms with Gasteiger partial charge in [-0.05, 0) is 5.56 Å². The highest BCUT2D eigenvalue weighted by Crippen LogP contribution is 2.55. The minimum Gasteiger partial charge on any atom is -0.380 e. The number of hydrogen-bond acceptors (Lipinski definition) is 4. The minimum atomic E-state index is -1.40. The van der Waals surface area contributed by atoms with Gasteiger partial charge in [-0.25, -0.2) is 0 Å². The molecule has 2 fully saturated rings. The van der Waals surface area contributed by atoms with E-state index in [2.05, 4.69) is 0 Å². The zero-order valence-electron chi connectivity index (χ0n) is 9.16. The van der Waals surface area contributed by atoms with Crippen molar-refractivity contribution in [1.82, 2.24) is 4.90 Å². The van der Waals surface area contributed by atoms with Gasteiger partial charge in [-0.15, -0.1) is 0 Å². The summed E-state index contributed by atoms with van der Waals surface area (Å²) in [6.45, 7) is 0. The predicted octanol–water partition coefficient (Wildman–Crippen LogP) is -0.144. The average Bonchev–Trinajstić information content (AvgIpc) is 3.09. The first-order valence-corrected chi connectivity index (χ1v) is 5.32. The largest absolute Gasteiger partial charge is 0.380 e. The molecule has 3 unspecified atom stereocenters. The molecule has 3 atom stereocenters. The maximum atomic E-state index is 11.9. The van der Waals surface area contributed by atoms with Crippen LogP contribution in [0.25, 0.3) is 0 Å². The van der Waals surface area contributed by atoms with Crippen molar-refractivity contribution in [3.8, 4) is 0 Å². The van der Waals surface area contributed by atoms with E-state index in [1.165, 1.54) is 7.05 Å². The molecule has 2 aliphatic rings. The summed E-state index contributed by atoms with van der Waals surface area (Å²) in [5.74, 6) is -1.07. The number of likely N-dealkylation sites (tertiary alicyclic amines) is 1. The fourth-order valence-corrected chi connectivity index (χ4v) is 2.32. The summed E-state index contributed by atoms with van der Waals surface area (Å²) < 4.78 is 5.35. The summed E-state index contributed by atoms with van der Waals surface area (Å²) in [6.07, 6.45) is -1.93. The van der Waals surface area contributed by atoms with Crippen LogP contribution in [-0.4, -0.2) is 40.6 Å². The second kappa shape index (κ2) is 3.15. The number of hydrogen-bond donors (Lipinski definition) is 1. The molecule has 5 heteroatoms. The van der Waals surface area contributed by atoms with Crippen LogP contribution in [0.15, 0.2) is 30.3 Å². The number of amides is 2. The van der Waals surface area contributed by atoms with Gasteiger partial charge in [0.25, 0.3) is 11.8 Å². The van der Waals surface area contributed by atoms with Crippen LogP contribution in [0.3, 0.4) is 0 Å². The molecule has 2 amide bonds. The molecule has 0 aromatic heterocycles. The molecule has 0 radical (unpaired) electrons. The molecule has 2 saturated heterocycles. The molecular formula is C12H11NO4. The number of benzene rings is 1. The van der Waals surface area contributed by atoms with Crippen molar-refractivity contribution in [1.29, 1.82) is 0 Å². The van der Waals surface area contributed by atoms with E-state index < -0.39 is 29.6 Å². The lowest BCUT2D eigenvalue weighted by molar-refractivity contribution is -0.139. The van der Waals surface area contributed by atoms with Gasteiger partial charge in [0.15, 0.2) is 6.10 Å². The van der Waals surface area contributed by atoms with E-state index >= 15 is 0 Å². The van der Waals surface area contributed by atoms with E-state index in [0.717, 1.165) is 10.5 Å². The number of aliphatic hydroxyl groups is 1. The monoisotopic (exact) mass is 233 g/mol. The molecule has 0 aliphatic carbocycles. The van der Waals surface area contributed by atoms with Gasteiger partial charge in [-0.1, -0.05) is 30.3 Å². The van der Waals surface area contributed by atoms with Gasteiger partial charge in [0.1, 0.15) is 6.10 Å². The Morgan fingerprint density at radius 1 is 1.29 bits per heavy atom. The molecule has 1 aromatic rings. The molecule has 2 heterocycles. The van der Waals surface area contributed by atoms with Gasteiger partial charge in [0.05, 0.1) is 0 Å². The number of carbonyl (C=O) groups is 2. The van der Waals surface area contributed by atoms with Crippen molar-refractivity contribution < 1.29 is 19.4 Å². The third-order valence-corrected chi connectivity index (χ3v) is 3.36. The lowest BCUT2D eigenvalue weighted by Crippen LogP contribution is -2.33. The number of epoxide rings is 1. The SMILES string of the molecule is CN1C(=O)C(O)C2(OC2c2ccccc2)C1=O. The Bertz CT molecular complexity index is 500. The maximum absolute atomic E-state index is 11.9. The fraction of sp³-hybridized carbons (Fsp3) is 0.333. The van der Waals surface area contributed by atoms with E-state index in [1.807, 2.05) is 30.3 Å². The van der Waals surface area contributed by atoms with Crippen molar-refractivity contribution in [2.45, 2.75) is 17.8 Å². The van der Waals surface area contributed by atoms with Crippen molar-refractivity contribution in [2.24, 2.45) is 0 Å². The number of nitrogens with zero attached hydrogens (tertiary/aromatic N) is 1. The Kier molecular flexibility index (Phi) is 1.93. The highest BCUT2D eigenvalue weighted by molar-refractivity contribution is 6.12. The number of rotatable bonds is 1. The fourth-order valence-electron chi connectivity index (χ4n) is 2.32. The Morgan fingerprint density at radius 2 is 1.94 bits per heavy atom. The van der Waals surface area contributed by atoms with Gasteiger partial charge in [0.2, 0.25) is 5.60 Å². The third-order valence-electron chi connectivity index (χ3n) is 3.36. The zero-order chi connectivity index (χ0) is 12.2. The van der Waals surface area contributed by atoms with Gasteiger partial charge in [-0.3, -0.25) is 14.5 Å². The highest BCUT2D eigenvalue weighted by Gasteiger charge is 2.75. The molecule has 1 aromatic carbocycles. The van der Waals surface area contributed by atoms with Crippen LogP contribution in [-0.2, 0) is 14.3 Å². The molecule has 17 heavy (non-hydrogen) atoms. The van der Waals surface area contributed by atoms with E-state index in [0.29, 0.717) is 0 Å². The number of ether oxygens (including phenoxy) is 1. The summed E-state index contributed by atoms with van der Waals surface area (Å²) >= 11 is 0. The van der Waals surface area contributed by atoms with Crippen LogP contribution in [0.5, 0.6) is 0 Å². The van der Waals surface area contributed by atoms with Gasteiger partial charge in [-0.2, -0.15) is 0 Å². The number of likely N-dealkylation sites (N-methyl/N-ethyl adjacent to an activating group) is 1. The summed E-state index contributed by atoms with van der Waals surface area (Å²) in [5.41, 5.74) is -0.587. The second-order valence-electron chi connectivity index (χ2n) is 4.31. The minimum absolute atomic E-state index is 0.469. The molecule has 5 nitrogen and oxygen atoms in total. The van der Waals surface area contributed by atoms with Crippen molar-refractivity contribution >= 4 is 11.8 Å². The third kappa shape index (κ3) is 1.15. The zero-order valence-corrected chi connectivity index (χ0v) is 9.16. The van der Waals surface area contributed by atoms with Crippen molar-refractivity contribution in [3.63, 3.8) is 0 Å². The average molecular weight is 233 g/mol. The Hall–Kier alpha value is -1.72. The molecule has 0 bridgehead atoms. The summed E-state index contributed by atoms with van der Waals surface area (Å²) in [4.78, 5) is 24.4. The standard InChI is InChI=1S/C12H11NO4/c1-13-10(15)8(14)12(11(13)16)9(17-12)7-5-3-2-4-6-7/h2-6,8-9,14H,1H3. The van der Waals surface area contributed by atoms with Crippen LogP contribution in [0.1, 0.15) is 11.7 Å². The summed E-state index contributed by atoms with van der Waals surface area (Å²) in [6, 6.07) is 9.11. The van der Waals surface area contributed by atoms with E-state index in [4.69, 9.17) is 4.74 Å². The first-order chi connectivity index (χ1) is 8.09. The lowest BCUT2D eigenvalue weighted by Gasteiger charge is -2.04. The Labute approximate surface area is 97.6 Å². The normalized spacial score (nSPS) is 35.8. The van der Waals surface area contributed by atoms with Crippen LogP contribution in [0.2, 0.25) is 0 Å². The van der Waals surface area contributed by atoms with E-state index in [9.17, 15) is 14.7 Å². The van der Waals surface area contributed by atoms with Crippen LogP contribution in [0, 0.1) is 0 Å². The molecule has 2 aliphatic heterocycles. The molecular weight excluding hydrogens is 222 g/mol. The van der Waals surface area contributed by atoms with Crippen LogP contribution in [0.4, 0.5) is 0 Å². The van der Waals surface area contributed by atoms with Crippen molar-refractivity contribution in [3.05, 3.63) is 35.9 Å². The summed E-state index contributed by atoms with van der Waals surface area (Å²) in [7, 11) is 1.35. The molecule has 0 saturated carbocycles. The van der Waals surface area contributed by atoms with Gasteiger partial charge < -0.3 is 9.84 Å². The number of imide groups is 1. The first-order valence-electron chi connectivity index (χ1n) is 5.32. The summed E-state index contributed by atoms with van der Waals surface area (Å²) in [5, 5.41) is 9.82. The van der Waals surface area contributed by atoms with Gasteiger partial charge >= 0.3 is 0 Å². The predicted molar refractivity (Wildman–Crippen MR) is 56.8 cm³/mol. The highest BCUT2D eigenvalue weighted by atomic mass is 16.6. The van der Waals surface area contributed by atoms with E-state index in [1.54, 1.807) is 0 Å². The Morgan fingerprint density at radius 3 is 2.47 bits per heavy atom. The molecule has 88 valence electrons. The number of aliphatic hydroxyl groups excluding tert-OH is 1. The maximum Gasteiger partial charge on any atom is 0.267 e.